The molecule has 2 atom stereocenters. The fourth-order valence-electron chi connectivity index (χ4n) is 1.59. The summed E-state index contributed by atoms with van der Waals surface area (Å²) in [5, 5.41) is 3.52. The van der Waals surface area contributed by atoms with Gasteiger partial charge < -0.3 is 10.1 Å². The van der Waals surface area contributed by atoms with Crippen LogP contribution in [-0.2, 0) is 4.74 Å². The van der Waals surface area contributed by atoms with Crippen LogP contribution in [0.4, 0.5) is 0 Å². The average Bonchev–Trinajstić information content (AvgIpc) is 2.03. The molecule has 0 aromatic heterocycles. The summed E-state index contributed by atoms with van der Waals surface area (Å²) in [7, 11) is 1.79. The van der Waals surface area contributed by atoms with Crippen molar-refractivity contribution in [3.05, 3.63) is 0 Å². The molecule has 1 N–H and O–H groups in total. The zero-order chi connectivity index (χ0) is 11.2. The third-order valence-corrected chi connectivity index (χ3v) is 2.62. The van der Waals surface area contributed by atoms with Crippen molar-refractivity contribution in [3.63, 3.8) is 0 Å². The van der Waals surface area contributed by atoms with E-state index in [4.69, 9.17) is 4.74 Å². The second kappa shape index (κ2) is 6.41. The van der Waals surface area contributed by atoms with Crippen molar-refractivity contribution in [3.8, 4) is 0 Å². The second-order valence-corrected chi connectivity index (χ2v) is 5.19. The smallest absolute Gasteiger partial charge is 0.0743 e. The maximum atomic E-state index is 5.48. The highest BCUT2D eigenvalue weighted by atomic mass is 16.5. The van der Waals surface area contributed by atoms with E-state index in [-0.39, 0.29) is 5.41 Å². The van der Waals surface area contributed by atoms with E-state index in [2.05, 4.69) is 39.9 Å². The lowest BCUT2D eigenvalue weighted by Crippen LogP contribution is -2.41. The minimum absolute atomic E-state index is 0.216. The Morgan fingerprint density at radius 2 is 1.86 bits per heavy atom. The van der Waals surface area contributed by atoms with Gasteiger partial charge in [-0.1, -0.05) is 34.1 Å². The van der Waals surface area contributed by atoms with Gasteiger partial charge in [0.15, 0.2) is 0 Å². The second-order valence-electron chi connectivity index (χ2n) is 5.19. The molecular weight excluding hydrogens is 174 g/mol. The first kappa shape index (κ1) is 13.9. The summed E-state index contributed by atoms with van der Waals surface area (Å²) in [6, 6.07) is 0.597. The van der Waals surface area contributed by atoms with E-state index in [0.717, 1.165) is 6.54 Å². The first-order valence-corrected chi connectivity index (χ1v) is 5.68. The first-order valence-electron chi connectivity index (χ1n) is 5.68. The maximum absolute atomic E-state index is 5.48. The van der Waals surface area contributed by atoms with Crippen molar-refractivity contribution < 1.29 is 4.74 Å². The van der Waals surface area contributed by atoms with Crippen LogP contribution < -0.4 is 5.32 Å². The van der Waals surface area contributed by atoms with Crippen molar-refractivity contribution >= 4 is 0 Å². The van der Waals surface area contributed by atoms with E-state index < -0.39 is 0 Å². The predicted molar refractivity (Wildman–Crippen MR) is 62.6 cm³/mol. The first-order chi connectivity index (χ1) is 6.41. The van der Waals surface area contributed by atoms with Gasteiger partial charge in [-0.15, -0.1) is 0 Å². The molecule has 2 nitrogen and oxygen atoms in total. The summed E-state index contributed by atoms with van der Waals surface area (Å²) in [6.07, 6.45) is 2.77. The molecule has 2 heteroatoms. The molecule has 0 rings (SSSR count). The molecule has 0 bridgehead atoms. The lowest BCUT2D eigenvalue weighted by Gasteiger charge is -2.30. The van der Waals surface area contributed by atoms with Crippen molar-refractivity contribution in [1.29, 1.82) is 0 Å². The fourth-order valence-corrected chi connectivity index (χ4v) is 1.59. The maximum Gasteiger partial charge on any atom is 0.0743 e. The van der Waals surface area contributed by atoms with E-state index >= 15 is 0 Å². The molecule has 0 amide bonds. The summed E-state index contributed by atoms with van der Waals surface area (Å²) >= 11 is 0. The number of methoxy groups -OCH3 is 1. The normalized spacial score (nSPS) is 16.7. The van der Waals surface area contributed by atoms with Gasteiger partial charge in [0, 0.05) is 19.7 Å². The minimum Gasteiger partial charge on any atom is -0.380 e. The molecule has 0 aromatic carbocycles. The largest absolute Gasteiger partial charge is 0.380 e. The van der Waals surface area contributed by atoms with Crippen LogP contribution in [0.5, 0.6) is 0 Å². The minimum atomic E-state index is 0.216. The van der Waals surface area contributed by atoms with Gasteiger partial charge in [0.25, 0.3) is 0 Å². The summed E-state index contributed by atoms with van der Waals surface area (Å²) in [5.41, 5.74) is 0.216. The Bertz CT molecular complexity index is 140. The van der Waals surface area contributed by atoms with Crippen LogP contribution in [0.15, 0.2) is 0 Å². The Hall–Kier alpha value is -0.0800. The molecule has 0 aromatic rings. The third kappa shape index (κ3) is 5.61. The molecule has 0 spiro atoms. The van der Waals surface area contributed by atoms with Gasteiger partial charge in [-0.05, 0) is 18.8 Å². The monoisotopic (exact) mass is 201 g/mol. The zero-order valence-corrected chi connectivity index (χ0v) is 10.7. The molecule has 0 saturated carbocycles. The van der Waals surface area contributed by atoms with Crippen LogP contribution in [0.1, 0.15) is 47.5 Å². The highest BCUT2D eigenvalue weighted by Crippen LogP contribution is 2.21. The Balaban J connectivity index is 3.84. The van der Waals surface area contributed by atoms with Crippen LogP contribution in [0.25, 0.3) is 0 Å². The Morgan fingerprint density at radius 3 is 2.21 bits per heavy atom. The highest BCUT2D eigenvalue weighted by molar-refractivity contribution is 4.77. The number of hydrogen-bond donors (Lipinski definition) is 1. The van der Waals surface area contributed by atoms with Gasteiger partial charge in [0.05, 0.1) is 6.10 Å². The lowest BCUT2D eigenvalue weighted by atomic mass is 9.89. The topological polar surface area (TPSA) is 21.3 Å². The summed E-state index contributed by atoms with van der Waals surface area (Å²) in [5.74, 6) is 0. The number of hydrogen-bond acceptors (Lipinski definition) is 2. The number of nitrogens with one attached hydrogen (secondary N) is 1. The molecular formula is C12H27NO. The van der Waals surface area contributed by atoms with Gasteiger partial charge in [-0.3, -0.25) is 0 Å². The van der Waals surface area contributed by atoms with Gasteiger partial charge in [-0.2, -0.15) is 0 Å². The van der Waals surface area contributed by atoms with Crippen LogP contribution >= 0.6 is 0 Å². The fraction of sp³-hybridized carbons (Fsp3) is 1.00. The highest BCUT2D eigenvalue weighted by Gasteiger charge is 2.24. The molecule has 0 radical (unpaired) electrons. The van der Waals surface area contributed by atoms with E-state index in [0.29, 0.717) is 12.1 Å². The van der Waals surface area contributed by atoms with Crippen LogP contribution in [0.3, 0.4) is 0 Å². The quantitative estimate of drug-likeness (QED) is 0.713. The molecule has 86 valence electrons. The van der Waals surface area contributed by atoms with Gasteiger partial charge in [-0.25, -0.2) is 0 Å². The van der Waals surface area contributed by atoms with Gasteiger partial charge in [0.1, 0.15) is 0 Å². The van der Waals surface area contributed by atoms with E-state index in [1.807, 2.05) is 0 Å². The predicted octanol–water partition coefficient (Wildman–Crippen LogP) is 2.83. The van der Waals surface area contributed by atoms with Crippen LogP contribution in [-0.4, -0.2) is 25.8 Å². The van der Waals surface area contributed by atoms with Crippen molar-refractivity contribution in [2.45, 2.75) is 59.6 Å². The summed E-state index contributed by atoms with van der Waals surface area (Å²) < 4.78 is 5.48. The van der Waals surface area contributed by atoms with E-state index in [1.54, 1.807) is 7.11 Å². The Morgan fingerprint density at radius 1 is 1.29 bits per heavy atom. The van der Waals surface area contributed by atoms with E-state index in [1.165, 1.54) is 12.8 Å². The Kier molecular flexibility index (Phi) is 6.38. The zero-order valence-electron chi connectivity index (χ0n) is 10.7. The summed E-state index contributed by atoms with van der Waals surface area (Å²) in [6.45, 7) is 12.0. The average molecular weight is 201 g/mol. The van der Waals surface area contributed by atoms with Crippen molar-refractivity contribution in [2.75, 3.05) is 13.7 Å². The standard InChI is InChI=1S/C12H27NO/c1-7-8-10(2)13-9-11(14-6)12(3,4)5/h10-11,13H,7-9H2,1-6H3. The SMILES string of the molecule is CCCC(C)NCC(OC)C(C)(C)C. The molecule has 0 saturated heterocycles. The molecule has 0 aliphatic heterocycles. The third-order valence-electron chi connectivity index (χ3n) is 2.62. The molecule has 0 fully saturated rings. The van der Waals surface area contributed by atoms with Gasteiger partial charge in [0.2, 0.25) is 0 Å². The van der Waals surface area contributed by atoms with E-state index in [9.17, 15) is 0 Å². The van der Waals surface area contributed by atoms with Gasteiger partial charge >= 0.3 is 0 Å². The Labute approximate surface area is 89.4 Å². The van der Waals surface area contributed by atoms with Crippen molar-refractivity contribution in [2.24, 2.45) is 5.41 Å². The summed E-state index contributed by atoms with van der Waals surface area (Å²) in [4.78, 5) is 0. The number of rotatable bonds is 6. The molecule has 0 aliphatic rings. The lowest BCUT2D eigenvalue weighted by molar-refractivity contribution is 0.0158. The molecule has 0 heterocycles. The van der Waals surface area contributed by atoms with Crippen molar-refractivity contribution in [1.82, 2.24) is 5.32 Å². The molecule has 14 heavy (non-hydrogen) atoms. The molecule has 2 unspecified atom stereocenters. The molecule has 0 aliphatic carbocycles. The van der Waals surface area contributed by atoms with Crippen LogP contribution in [0.2, 0.25) is 0 Å². The van der Waals surface area contributed by atoms with Crippen LogP contribution in [0, 0.1) is 5.41 Å². The number of ether oxygens (including phenoxy) is 1.